The summed E-state index contributed by atoms with van der Waals surface area (Å²) in [6.45, 7) is 5.00. The van der Waals surface area contributed by atoms with Crippen molar-refractivity contribution >= 4 is 17.8 Å². The van der Waals surface area contributed by atoms with Crippen molar-refractivity contribution in [3.63, 3.8) is 0 Å². The van der Waals surface area contributed by atoms with Crippen molar-refractivity contribution in [1.29, 1.82) is 0 Å². The molecule has 1 spiro atoms. The number of anilines is 1. The molecular weight excluding hydrogens is 495 g/mol. The number of carbonyl (C=O) groups is 2. The number of aryl methyl sites for hydroxylation is 1. The Kier molecular flexibility index (Phi) is 8.02. The van der Waals surface area contributed by atoms with E-state index < -0.39 is 12.1 Å². The highest BCUT2D eigenvalue weighted by atomic mass is 19.4. The normalized spacial score (nSPS) is 21.8. The van der Waals surface area contributed by atoms with Crippen LogP contribution in [0, 0.1) is 5.92 Å². The number of ether oxygens (including phenoxy) is 2. The number of rotatable bonds is 4. The molecule has 10 nitrogen and oxygen atoms in total. The Morgan fingerprint density at radius 3 is 2.65 bits per heavy atom. The molecule has 1 atom stereocenters. The largest absolute Gasteiger partial charge is 0.490 e. The SMILES string of the molecule is Cn1ccc(C(=O)N2CCC3(COCc4cnc(NCC5CCOCC5)nc43)C2)c1.O=C(O)C(F)(F)F. The predicted molar refractivity (Wildman–Crippen MR) is 125 cm³/mol. The van der Waals surface area contributed by atoms with E-state index in [4.69, 9.17) is 24.4 Å². The van der Waals surface area contributed by atoms with Gasteiger partial charge < -0.3 is 29.4 Å². The van der Waals surface area contributed by atoms with Gasteiger partial charge in [-0.1, -0.05) is 0 Å². The first-order valence-corrected chi connectivity index (χ1v) is 12.0. The average molecular weight is 526 g/mol. The molecule has 2 fully saturated rings. The summed E-state index contributed by atoms with van der Waals surface area (Å²) in [4.78, 5) is 33.2. The molecule has 5 heterocycles. The summed E-state index contributed by atoms with van der Waals surface area (Å²) in [7, 11) is 1.93. The van der Waals surface area contributed by atoms with Crippen molar-refractivity contribution in [3.05, 3.63) is 41.5 Å². The topological polar surface area (TPSA) is 119 Å². The van der Waals surface area contributed by atoms with E-state index in [9.17, 15) is 18.0 Å². The fourth-order valence-corrected chi connectivity index (χ4v) is 4.84. The minimum Gasteiger partial charge on any atom is -0.475 e. The molecule has 2 N–H and O–H groups in total. The van der Waals surface area contributed by atoms with Gasteiger partial charge in [-0.3, -0.25) is 4.79 Å². The van der Waals surface area contributed by atoms with E-state index in [2.05, 4.69) is 10.3 Å². The van der Waals surface area contributed by atoms with Gasteiger partial charge in [0.15, 0.2) is 0 Å². The van der Waals surface area contributed by atoms with Gasteiger partial charge in [-0.2, -0.15) is 13.2 Å². The van der Waals surface area contributed by atoms with Gasteiger partial charge in [0, 0.05) is 64.0 Å². The van der Waals surface area contributed by atoms with Crippen LogP contribution in [0.1, 0.15) is 40.9 Å². The zero-order valence-electron chi connectivity index (χ0n) is 20.5. The van der Waals surface area contributed by atoms with Crippen LogP contribution in [-0.2, 0) is 33.3 Å². The summed E-state index contributed by atoms with van der Waals surface area (Å²) < 4.78 is 45.0. The first-order chi connectivity index (χ1) is 17.6. The maximum absolute atomic E-state index is 13.0. The summed E-state index contributed by atoms with van der Waals surface area (Å²) in [5, 5.41) is 10.6. The Bertz CT molecular complexity index is 1120. The lowest BCUT2D eigenvalue weighted by Crippen LogP contribution is -2.41. The molecule has 0 aliphatic carbocycles. The average Bonchev–Trinajstić information content (AvgIpc) is 3.50. The Morgan fingerprint density at radius 1 is 1.27 bits per heavy atom. The van der Waals surface area contributed by atoms with Gasteiger partial charge in [-0.15, -0.1) is 0 Å². The Labute approximate surface area is 211 Å². The van der Waals surface area contributed by atoms with E-state index in [0.29, 0.717) is 38.2 Å². The molecule has 1 unspecified atom stereocenters. The fraction of sp³-hybridized carbons (Fsp3) is 0.583. The van der Waals surface area contributed by atoms with Crippen molar-refractivity contribution in [2.45, 2.75) is 37.5 Å². The van der Waals surface area contributed by atoms with E-state index in [1.807, 2.05) is 41.2 Å². The first kappa shape index (κ1) is 26.9. The van der Waals surface area contributed by atoms with E-state index >= 15 is 0 Å². The van der Waals surface area contributed by atoms with Crippen LogP contribution in [0.5, 0.6) is 0 Å². The van der Waals surface area contributed by atoms with E-state index in [1.54, 1.807) is 0 Å². The molecule has 3 aliphatic heterocycles. The van der Waals surface area contributed by atoms with Crippen molar-refractivity contribution in [1.82, 2.24) is 19.4 Å². The van der Waals surface area contributed by atoms with Gasteiger partial charge in [0.25, 0.3) is 5.91 Å². The molecule has 2 aromatic heterocycles. The van der Waals surface area contributed by atoms with Gasteiger partial charge >= 0.3 is 12.1 Å². The van der Waals surface area contributed by atoms with Crippen LogP contribution in [0.15, 0.2) is 24.7 Å². The van der Waals surface area contributed by atoms with Gasteiger partial charge in [0.05, 0.1) is 29.9 Å². The summed E-state index contributed by atoms with van der Waals surface area (Å²) in [6.07, 6.45) is 3.59. The van der Waals surface area contributed by atoms with Crippen LogP contribution in [0.4, 0.5) is 19.1 Å². The number of aliphatic carboxylic acids is 1. The molecule has 202 valence electrons. The molecule has 37 heavy (non-hydrogen) atoms. The Hall–Kier alpha value is -3.19. The lowest BCUT2D eigenvalue weighted by molar-refractivity contribution is -0.192. The van der Waals surface area contributed by atoms with Crippen LogP contribution < -0.4 is 5.32 Å². The molecule has 0 saturated carbocycles. The molecule has 3 aliphatic rings. The number of carboxylic acid groups (broad SMARTS) is 1. The monoisotopic (exact) mass is 525 g/mol. The third-order valence-electron chi connectivity index (χ3n) is 6.85. The molecular formula is C24H30F3N5O5. The van der Waals surface area contributed by atoms with E-state index in [-0.39, 0.29) is 11.3 Å². The van der Waals surface area contributed by atoms with Gasteiger partial charge in [-0.05, 0) is 31.2 Å². The third-order valence-corrected chi connectivity index (χ3v) is 6.85. The number of amides is 1. The summed E-state index contributed by atoms with van der Waals surface area (Å²) >= 11 is 0. The molecule has 0 bridgehead atoms. The number of nitrogens with zero attached hydrogens (tertiary/aromatic N) is 4. The summed E-state index contributed by atoms with van der Waals surface area (Å²) in [6, 6.07) is 1.87. The van der Waals surface area contributed by atoms with Crippen molar-refractivity contribution in [2.75, 3.05) is 44.8 Å². The number of aromatic nitrogens is 3. The summed E-state index contributed by atoms with van der Waals surface area (Å²) in [5.41, 5.74) is 2.55. The second kappa shape index (κ2) is 11.1. The van der Waals surface area contributed by atoms with Gasteiger partial charge in [-0.25, -0.2) is 14.8 Å². The zero-order chi connectivity index (χ0) is 26.6. The summed E-state index contributed by atoms with van der Waals surface area (Å²) in [5.74, 6) is -1.41. The van der Waals surface area contributed by atoms with Crippen LogP contribution in [0.3, 0.4) is 0 Å². The van der Waals surface area contributed by atoms with Gasteiger partial charge in [0.1, 0.15) is 0 Å². The molecule has 13 heteroatoms. The van der Waals surface area contributed by atoms with E-state index in [1.165, 1.54) is 0 Å². The number of hydrogen-bond acceptors (Lipinski definition) is 7. The minimum atomic E-state index is -5.08. The number of nitrogens with one attached hydrogen (secondary N) is 1. The number of halogens is 3. The second-order valence-electron chi connectivity index (χ2n) is 9.62. The maximum Gasteiger partial charge on any atom is 0.490 e. The van der Waals surface area contributed by atoms with Crippen LogP contribution >= 0.6 is 0 Å². The standard InChI is InChI=1S/C22H29N5O3.C2HF3O2/c1-26-6-2-17(12-26)20(28)27-7-5-22(14-27)15-30-13-18-11-24-21(25-19(18)22)23-10-16-3-8-29-9-4-16;3-2(4,5)1(6)7/h2,6,11-12,16H,3-5,7-10,13-15H2,1H3,(H,23,24,25);(H,6,7). The minimum absolute atomic E-state index is 0.0755. The quantitative estimate of drug-likeness (QED) is 0.626. The highest BCUT2D eigenvalue weighted by Gasteiger charge is 2.46. The second-order valence-corrected chi connectivity index (χ2v) is 9.62. The highest BCUT2D eigenvalue weighted by Crippen LogP contribution is 2.39. The fourth-order valence-electron chi connectivity index (χ4n) is 4.84. The number of hydrogen-bond donors (Lipinski definition) is 2. The number of carboxylic acids is 1. The molecule has 2 aromatic rings. The molecule has 2 saturated heterocycles. The van der Waals surface area contributed by atoms with Crippen LogP contribution in [-0.4, -0.2) is 82.0 Å². The number of fused-ring (bicyclic) bond motifs is 2. The number of carbonyl (C=O) groups excluding carboxylic acids is 1. The molecule has 0 radical (unpaired) electrons. The van der Waals surface area contributed by atoms with Crippen molar-refractivity contribution < 1.29 is 37.3 Å². The van der Waals surface area contributed by atoms with Crippen LogP contribution in [0.2, 0.25) is 0 Å². The maximum atomic E-state index is 13.0. The molecule has 1 amide bonds. The van der Waals surface area contributed by atoms with Gasteiger partial charge in [0.2, 0.25) is 5.95 Å². The predicted octanol–water partition coefficient (Wildman–Crippen LogP) is 2.60. The molecule has 5 rings (SSSR count). The van der Waals surface area contributed by atoms with Crippen molar-refractivity contribution in [3.8, 4) is 0 Å². The molecule has 0 aromatic carbocycles. The van der Waals surface area contributed by atoms with Crippen molar-refractivity contribution in [2.24, 2.45) is 13.0 Å². The lowest BCUT2D eigenvalue weighted by Gasteiger charge is -2.34. The van der Waals surface area contributed by atoms with E-state index in [0.717, 1.165) is 55.8 Å². The Morgan fingerprint density at radius 2 is 2.00 bits per heavy atom. The van der Waals surface area contributed by atoms with Crippen LogP contribution in [0.25, 0.3) is 0 Å². The third kappa shape index (κ3) is 6.39. The first-order valence-electron chi connectivity index (χ1n) is 12.0. The lowest BCUT2D eigenvalue weighted by atomic mass is 9.80. The smallest absolute Gasteiger partial charge is 0.475 e. The number of alkyl halides is 3. The number of likely N-dealkylation sites (tertiary alicyclic amines) is 1. The zero-order valence-corrected chi connectivity index (χ0v) is 20.5. The Balaban J connectivity index is 0.000000405. The highest BCUT2D eigenvalue weighted by molar-refractivity contribution is 5.94.